The van der Waals surface area contributed by atoms with E-state index in [4.69, 9.17) is 4.74 Å². The van der Waals surface area contributed by atoms with Crippen LogP contribution in [-0.2, 0) is 0 Å². The molecule has 0 radical (unpaired) electrons. The molecule has 0 bridgehead atoms. The second kappa shape index (κ2) is 8.33. The molecule has 23 heavy (non-hydrogen) atoms. The van der Waals surface area contributed by atoms with Crippen molar-refractivity contribution in [1.82, 2.24) is 5.32 Å². The van der Waals surface area contributed by atoms with Gasteiger partial charge in [-0.3, -0.25) is 4.79 Å². The zero-order valence-electron chi connectivity index (χ0n) is 12.6. The molecule has 2 rings (SSSR count). The first-order chi connectivity index (χ1) is 11.0. The summed E-state index contributed by atoms with van der Waals surface area (Å²) in [6, 6.07) is 13.9. The lowest BCUT2D eigenvalue weighted by atomic mass is 10.1. The number of Topliss-reactive ketones (excluding diaryl/α,β-unsaturated/α-hetero) is 1. The van der Waals surface area contributed by atoms with Gasteiger partial charge in [-0.1, -0.05) is 15.9 Å². The Kier molecular flexibility index (Phi) is 6.17. The quantitative estimate of drug-likeness (QED) is 0.594. The molecule has 0 spiro atoms. The van der Waals surface area contributed by atoms with Crippen LogP contribution >= 0.6 is 15.9 Å². The van der Waals surface area contributed by atoms with Crippen molar-refractivity contribution in [3.05, 3.63) is 58.6 Å². The zero-order chi connectivity index (χ0) is 16.7. The van der Waals surface area contributed by atoms with Gasteiger partial charge in [-0.15, -0.1) is 0 Å². The third-order valence-electron chi connectivity index (χ3n) is 3.02. The Morgan fingerprint density at radius 2 is 1.70 bits per heavy atom. The SMILES string of the molecule is CC(=O)c1ccc(NC(=O)NCCOc2ccc(Br)cc2)cc1. The van der Waals surface area contributed by atoms with Crippen molar-refractivity contribution in [1.29, 1.82) is 0 Å². The van der Waals surface area contributed by atoms with Gasteiger partial charge in [0.05, 0.1) is 6.54 Å². The minimum Gasteiger partial charge on any atom is -0.492 e. The Labute approximate surface area is 143 Å². The van der Waals surface area contributed by atoms with Crippen molar-refractivity contribution >= 4 is 33.4 Å². The van der Waals surface area contributed by atoms with E-state index in [1.165, 1.54) is 6.92 Å². The number of hydrogen-bond donors (Lipinski definition) is 2. The fourth-order valence-electron chi connectivity index (χ4n) is 1.83. The Bertz CT molecular complexity index is 669. The number of ketones is 1. The number of rotatable bonds is 6. The number of benzene rings is 2. The monoisotopic (exact) mass is 376 g/mol. The van der Waals surface area contributed by atoms with Crippen LogP contribution in [0.2, 0.25) is 0 Å². The average Bonchev–Trinajstić information content (AvgIpc) is 2.54. The summed E-state index contributed by atoms with van der Waals surface area (Å²) in [5.74, 6) is 0.737. The number of nitrogens with one attached hydrogen (secondary N) is 2. The summed E-state index contributed by atoms with van der Waals surface area (Å²) in [5, 5.41) is 5.39. The van der Waals surface area contributed by atoms with Crippen LogP contribution in [-0.4, -0.2) is 25.0 Å². The van der Waals surface area contributed by atoms with Gasteiger partial charge in [0.1, 0.15) is 12.4 Å². The van der Waals surface area contributed by atoms with Crippen molar-refractivity contribution in [2.75, 3.05) is 18.5 Å². The highest BCUT2D eigenvalue weighted by Gasteiger charge is 2.03. The molecule has 0 heterocycles. The molecular formula is C17H17BrN2O3. The van der Waals surface area contributed by atoms with Gasteiger partial charge >= 0.3 is 6.03 Å². The zero-order valence-corrected chi connectivity index (χ0v) is 14.2. The van der Waals surface area contributed by atoms with Crippen molar-refractivity contribution in [2.45, 2.75) is 6.92 Å². The van der Waals surface area contributed by atoms with Crippen LogP contribution in [0.1, 0.15) is 17.3 Å². The second-order valence-electron chi connectivity index (χ2n) is 4.82. The highest BCUT2D eigenvalue weighted by Crippen LogP contribution is 2.15. The molecule has 2 amide bonds. The molecule has 6 heteroatoms. The number of halogens is 1. The number of carbonyl (C=O) groups excluding carboxylic acids is 2. The van der Waals surface area contributed by atoms with Gasteiger partial charge in [-0.25, -0.2) is 4.79 Å². The summed E-state index contributed by atoms with van der Waals surface area (Å²) in [7, 11) is 0. The van der Waals surface area contributed by atoms with Crippen LogP contribution in [0.3, 0.4) is 0 Å². The van der Waals surface area contributed by atoms with E-state index >= 15 is 0 Å². The van der Waals surface area contributed by atoms with E-state index in [9.17, 15) is 9.59 Å². The summed E-state index contributed by atoms with van der Waals surface area (Å²) < 4.78 is 6.49. The second-order valence-corrected chi connectivity index (χ2v) is 5.73. The van der Waals surface area contributed by atoms with Crippen LogP contribution in [0, 0.1) is 0 Å². The van der Waals surface area contributed by atoms with Gasteiger partial charge in [-0.05, 0) is 55.5 Å². The Balaban J connectivity index is 1.70. The van der Waals surface area contributed by atoms with Gasteiger partial charge in [-0.2, -0.15) is 0 Å². The minimum absolute atomic E-state index is 0.00825. The van der Waals surface area contributed by atoms with Crippen molar-refractivity contribution in [2.24, 2.45) is 0 Å². The first-order valence-electron chi connectivity index (χ1n) is 7.09. The normalized spacial score (nSPS) is 10.0. The maximum absolute atomic E-state index is 11.7. The van der Waals surface area contributed by atoms with E-state index in [0.29, 0.717) is 24.4 Å². The fraction of sp³-hybridized carbons (Fsp3) is 0.176. The number of hydrogen-bond acceptors (Lipinski definition) is 3. The van der Waals surface area contributed by atoms with Crippen LogP contribution < -0.4 is 15.4 Å². The van der Waals surface area contributed by atoms with Crippen LogP contribution in [0.5, 0.6) is 5.75 Å². The molecular weight excluding hydrogens is 360 g/mol. The first kappa shape index (κ1) is 17.0. The summed E-state index contributed by atoms with van der Waals surface area (Å²) in [4.78, 5) is 22.9. The molecule has 120 valence electrons. The van der Waals surface area contributed by atoms with Crippen molar-refractivity contribution in [3.63, 3.8) is 0 Å². The fourth-order valence-corrected chi connectivity index (χ4v) is 2.09. The van der Waals surface area contributed by atoms with E-state index in [1.807, 2.05) is 24.3 Å². The third kappa shape index (κ3) is 5.75. The lowest BCUT2D eigenvalue weighted by Crippen LogP contribution is -2.32. The molecule has 0 atom stereocenters. The highest BCUT2D eigenvalue weighted by atomic mass is 79.9. The minimum atomic E-state index is -0.319. The van der Waals surface area contributed by atoms with Gasteiger partial charge in [0.25, 0.3) is 0 Å². The summed E-state index contributed by atoms with van der Waals surface area (Å²) in [6.45, 7) is 2.26. The topological polar surface area (TPSA) is 67.4 Å². The number of ether oxygens (including phenoxy) is 1. The van der Waals surface area contributed by atoms with E-state index in [1.54, 1.807) is 24.3 Å². The van der Waals surface area contributed by atoms with Crippen molar-refractivity contribution < 1.29 is 14.3 Å². The lowest BCUT2D eigenvalue weighted by molar-refractivity contribution is 0.101. The summed E-state index contributed by atoms with van der Waals surface area (Å²) >= 11 is 3.35. The molecule has 0 aromatic heterocycles. The maximum atomic E-state index is 11.7. The molecule has 0 unspecified atom stereocenters. The average molecular weight is 377 g/mol. The smallest absolute Gasteiger partial charge is 0.319 e. The maximum Gasteiger partial charge on any atom is 0.319 e. The Morgan fingerprint density at radius 1 is 1.04 bits per heavy atom. The largest absolute Gasteiger partial charge is 0.492 e. The van der Waals surface area contributed by atoms with E-state index in [-0.39, 0.29) is 11.8 Å². The predicted octanol–water partition coefficient (Wildman–Crippen LogP) is 3.85. The highest BCUT2D eigenvalue weighted by molar-refractivity contribution is 9.10. The third-order valence-corrected chi connectivity index (χ3v) is 3.55. The van der Waals surface area contributed by atoms with Crippen LogP contribution in [0.25, 0.3) is 0 Å². The van der Waals surface area contributed by atoms with Crippen LogP contribution in [0.15, 0.2) is 53.0 Å². The molecule has 2 N–H and O–H groups in total. The molecule has 0 fully saturated rings. The van der Waals surface area contributed by atoms with Gasteiger partial charge in [0.2, 0.25) is 0 Å². The molecule has 0 saturated heterocycles. The molecule has 0 aliphatic rings. The summed E-state index contributed by atoms with van der Waals surface area (Å²) in [6.07, 6.45) is 0. The van der Waals surface area contributed by atoms with Gasteiger partial charge < -0.3 is 15.4 Å². The Hall–Kier alpha value is -2.34. The van der Waals surface area contributed by atoms with E-state index in [2.05, 4.69) is 26.6 Å². The summed E-state index contributed by atoms with van der Waals surface area (Å²) in [5.41, 5.74) is 1.24. The number of urea groups is 1. The molecule has 0 aliphatic heterocycles. The first-order valence-corrected chi connectivity index (χ1v) is 7.88. The van der Waals surface area contributed by atoms with E-state index < -0.39 is 0 Å². The Morgan fingerprint density at radius 3 is 2.30 bits per heavy atom. The van der Waals surface area contributed by atoms with Crippen molar-refractivity contribution in [3.8, 4) is 5.75 Å². The standard InChI is InChI=1S/C17H17BrN2O3/c1-12(21)13-2-6-15(7-3-13)20-17(22)19-10-11-23-16-8-4-14(18)5-9-16/h2-9H,10-11H2,1H3,(H2,19,20,22). The number of anilines is 1. The lowest BCUT2D eigenvalue weighted by Gasteiger charge is -2.09. The molecule has 0 saturated carbocycles. The van der Waals surface area contributed by atoms with Gasteiger partial charge in [0.15, 0.2) is 5.78 Å². The number of amides is 2. The van der Waals surface area contributed by atoms with E-state index in [0.717, 1.165) is 10.2 Å². The van der Waals surface area contributed by atoms with Gasteiger partial charge in [0, 0.05) is 15.7 Å². The molecule has 5 nitrogen and oxygen atoms in total. The molecule has 2 aromatic carbocycles. The van der Waals surface area contributed by atoms with Crippen LogP contribution in [0.4, 0.5) is 10.5 Å². The number of carbonyl (C=O) groups is 2. The molecule has 0 aliphatic carbocycles. The molecule has 2 aromatic rings. The predicted molar refractivity (Wildman–Crippen MR) is 93.1 cm³/mol.